The van der Waals surface area contributed by atoms with E-state index < -0.39 is 5.82 Å². The zero-order valence-corrected chi connectivity index (χ0v) is 15.9. The number of halogens is 2. The number of hydrogen-bond donors (Lipinski definition) is 1. The number of pyridine rings is 1. The van der Waals surface area contributed by atoms with E-state index in [-0.39, 0.29) is 12.4 Å². The molecule has 1 aliphatic heterocycles. The van der Waals surface area contributed by atoms with E-state index in [0.29, 0.717) is 22.3 Å². The Morgan fingerprint density at radius 1 is 1.36 bits per heavy atom. The van der Waals surface area contributed by atoms with E-state index in [9.17, 15) is 4.39 Å². The molecule has 0 saturated heterocycles. The Hall–Kier alpha value is -2.84. The van der Waals surface area contributed by atoms with E-state index in [1.807, 2.05) is 6.07 Å². The van der Waals surface area contributed by atoms with Gasteiger partial charge in [-0.15, -0.1) is 5.10 Å². The van der Waals surface area contributed by atoms with Crippen LogP contribution in [-0.2, 0) is 6.61 Å². The number of hydrogen-bond acceptors (Lipinski definition) is 6. The molecule has 1 N–H and O–H groups in total. The maximum absolute atomic E-state index is 14.3. The first kappa shape index (κ1) is 18.5. The van der Waals surface area contributed by atoms with Crippen LogP contribution in [0.5, 0.6) is 5.75 Å². The molecule has 4 rings (SSSR count). The zero-order chi connectivity index (χ0) is 19.5. The van der Waals surface area contributed by atoms with Crippen LogP contribution in [0.15, 0.2) is 42.9 Å². The summed E-state index contributed by atoms with van der Waals surface area (Å²) in [5.41, 5.74) is 3.28. The van der Waals surface area contributed by atoms with Gasteiger partial charge in [-0.3, -0.25) is 4.98 Å². The molecule has 1 aromatic carbocycles. The lowest BCUT2D eigenvalue weighted by Gasteiger charge is -2.22. The van der Waals surface area contributed by atoms with E-state index in [1.54, 1.807) is 12.3 Å². The molecule has 0 aliphatic carbocycles. The van der Waals surface area contributed by atoms with Crippen LogP contribution >= 0.6 is 11.6 Å². The summed E-state index contributed by atoms with van der Waals surface area (Å²) in [4.78, 5) is 4.42. The molecule has 144 valence electrons. The molecule has 2 aromatic heterocycles. The van der Waals surface area contributed by atoms with Crippen LogP contribution < -0.4 is 10.1 Å². The molecule has 0 fully saturated rings. The summed E-state index contributed by atoms with van der Waals surface area (Å²) < 4.78 is 21.3. The highest BCUT2D eigenvalue weighted by Crippen LogP contribution is 2.28. The molecule has 0 radical (unpaired) electrons. The van der Waals surface area contributed by atoms with E-state index in [4.69, 9.17) is 16.3 Å². The number of rotatable bonds is 5. The second kappa shape index (κ2) is 8.04. The molecule has 0 spiro atoms. The van der Waals surface area contributed by atoms with E-state index in [1.165, 1.54) is 28.7 Å². The van der Waals surface area contributed by atoms with Crippen LogP contribution in [-0.4, -0.2) is 38.3 Å². The third-order valence-corrected chi connectivity index (χ3v) is 4.92. The Morgan fingerprint density at radius 3 is 2.96 bits per heavy atom. The molecule has 28 heavy (non-hydrogen) atoms. The Labute approximate surface area is 166 Å². The third kappa shape index (κ3) is 3.88. The predicted molar refractivity (Wildman–Crippen MR) is 103 cm³/mol. The van der Waals surface area contributed by atoms with Crippen molar-refractivity contribution in [2.45, 2.75) is 13.5 Å². The molecule has 1 aliphatic rings. The smallest absolute Gasteiger partial charge is 0.167 e. The number of benzene rings is 1. The second-order valence-corrected chi connectivity index (χ2v) is 6.94. The lowest BCUT2D eigenvalue weighted by Crippen LogP contribution is -2.27. The quantitative estimate of drug-likeness (QED) is 0.709. The molecule has 3 aromatic rings. The SMILES string of the molecule is CC1CNCC=C1c1cnc(COc2ccc(-n3cnnn3)cc2F)c(Cl)c1. The number of nitrogens with zero attached hydrogens (tertiary/aromatic N) is 5. The van der Waals surface area contributed by atoms with E-state index in [2.05, 4.69) is 38.8 Å². The van der Waals surface area contributed by atoms with Gasteiger partial charge in [-0.05, 0) is 45.7 Å². The molecule has 9 heteroatoms. The monoisotopic (exact) mass is 400 g/mol. The maximum Gasteiger partial charge on any atom is 0.167 e. The Balaban J connectivity index is 1.47. The lowest BCUT2D eigenvalue weighted by molar-refractivity contribution is 0.286. The zero-order valence-electron chi connectivity index (χ0n) is 15.1. The Morgan fingerprint density at radius 2 is 2.25 bits per heavy atom. The fourth-order valence-electron chi connectivity index (χ4n) is 3.10. The van der Waals surface area contributed by atoms with Crippen molar-refractivity contribution in [3.8, 4) is 11.4 Å². The number of aromatic nitrogens is 5. The number of tetrazole rings is 1. The van der Waals surface area contributed by atoms with Crippen molar-refractivity contribution in [3.63, 3.8) is 0 Å². The van der Waals surface area contributed by atoms with Gasteiger partial charge in [0.1, 0.15) is 12.9 Å². The number of nitrogens with one attached hydrogen (secondary N) is 1. The minimum absolute atomic E-state index is 0.0659. The molecule has 0 bridgehead atoms. The molecule has 0 amide bonds. The van der Waals surface area contributed by atoms with Crippen molar-refractivity contribution in [2.24, 2.45) is 5.92 Å². The summed E-state index contributed by atoms with van der Waals surface area (Å²) in [6, 6.07) is 6.38. The molecule has 0 saturated carbocycles. The van der Waals surface area contributed by atoms with Gasteiger partial charge in [0.05, 0.1) is 16.4 Å². The van der Waals surface area contributed by atoms with Gasteiger partial charge < -0.3 is 10.1 Å². The maximum atomic E-state index is 14.3. The van der Waals surface area contributed by atoms with Crippen molar-refractivity contribution < 1.29 is 9.13 Å². The van der Waals surface area contributed by atoms with Gasteiger partial charge in [-0.1, -0.05) is 24.6 Å². The van der Waals surface area contributed by atoms with Crippen molar-refractivity contribution in [1.29, 1.82) is 0 Å². The fraction of sp³-hybridized carbons (Fsp3) is 0.263. The molecule has 7 nitrogen and oxygen atoms in total. The lowest BCUT2D eigenvalue weighted by atomic mass is 9.92. The average Bonchev–Trinajstić information content (AvgIpc) is 3.23. The fourth-order valence-corrected chi connectivity index (χ4v) is 3.32. The van der Waals surface area contributed by atoms with Gasteiger partial charge in [0.15, 0.2) is 11.6 Å². The normalized spacial score (nSPS) is 16.7. The Bertz CT molecular complexity index is 1010. The summed E-state index contributed by atoms with van der Waals surface area (Å²) in [5, 5.41) is 14.6. The first-order valence-electron chi connectivity index (χ1n) is 8.83. The highest BCUT2D eigenvalue weighted by molar-refractivity contribution is 6.31. The van der Waals surface area contributed by atoms with Crippen LogP contribution in [0.25, 0.3) is 11.3 Å². The minimum atomic E-state index is -0.519. The first-order valence-corrected chi connectivity index (χ1v) is 9.21. The molecular weight excluding hydrogens is 383 g/mol. The van der Waals surface area contributed by atoms with E-state index >= 15 is 0 Å². The highest BCUT2D eigenvalue weighted by Gasteiger charge is 2.16. The summed E-state index contributed by atoms with van der Waals surface area (Å²) in [7, 11) is 0. The van der Waals surface area contributed by atoms with Crippen molar-refractivity contribution >= 4 is 17.2 Å². The van der Waals surface area contributed by atoms with Crippen molar-refractivity contribution in [3.05, 3.63) is 65.0 Å². The molecule has 1 unspecified atom stereocenters. The summed E-state index contributed by atoms with van der Waals surface area (Å²) in [5.74, 6) is -0.0237. The van der Waals surface area contributed by atoms with Crippen LogP contribution in [0.3, 0.4) is 0 Å². The summed E-state index contributed by atoms with van der Waals surface area (Å²) in [6.07, 6.45) is 5.33. The van der Waals surface area contributed by atoms with Crippen LogP contribution in [0.1, 0.15) is 18.2 Å². The summed E-state index contributed by atoms with van der Waals surface area (Å²) >= 11 is 6.39. The Kier molecular flexibility index (Phi) is 5.31. The van der Waals surface area contributed by atoms with Gasteiger partial charge in [-0.2, -0.15) is 0 Å². The van der Waals surface area contributed by atoms with Gasteiger partial charge in [0.2, 0.25) is 0 Å². The minimum Gasteiger partial charge on any atom is -0.484 e. The number of ether oxygens (including phenoxy) is 1. The summed E-state index contributed by atoms with van der Waals surface area (Å²) in [6.45, 7) is 3.98. The molecule has 1 atom stereocenters. The van der Waals surface area contributed by atoms with Crippen LogP contribution in [0.4, 0.5) is 4.39 Å². The molecule has 3 heterocycles. The van der Waals surface area contributed by atoms with Gasteiger partial charge >= 0.3 is 0 Å². The molecular formula is C19H18ClFN6O. The van der Waals surface area contributed by atoms with Crippen molar-refractivity contribution in [2.75, 3.05) is 13.1 Å². The van der Waals surface area contributed by atoms with Crippen LogP contribution in [0, 0.1) is 11.7 Å². The first-order chi connectivity index (χ1) is 13.6. The van der Waals surface area contributed by atoms with Crippen molar-refractivity contribution in [1.82, 2.24) is 30.5 Å². The van der Waals surface area contributed by atoms with Gasteiger partial charge in [-0.25, -0.2) is 9.07 Å². The highest BCUT2D eigenvalue weighted by atomic mass is 35.5. The van der Waals surface area contributed by atoms with Crippen LogP contribution in [0.2, 0.25) is 5.02 Å². The largest absolute Gasteiger partial charge is 0.484 e. The van der Waals surface area contributed by atoms with Gasteiger partial charge in [0, 0.05) is 25.4 Å². The third-order valence-electron chi connectivity index (χ3n) is 4.59. The van der Waals surface area contributed by atoms with E-state index in [0.717, 1.165) is 18.7 Å². The topological polar surface area (TPSA) is 77.8 Å². The van der Waals surface area contributed by atoms with Gasteiger partial charge in [0.25, 0.3) is 0 Å². The standard InChI is InChI=1S/C19H18ClFN6O/c1-12-8-22-5-4-15(12)13-6-16(20)18(23-9-13)10-28-19-3-2-14(7-17(19)21)27-11-24-25-26-27/h2-4,6-7,9,11-12,22H,5,8,10H2,1H3. The average molecular weight is 401 g/mol. The predicted octanol–water partition coefficient (Wildman–Crippen LogP) is 3.05. The second-order valence-electron chi connectivity index (χ2n) is 6.53.